The van der Waals surface area contributed by atoms with Crippen molar-refractivity contribution in [2.24, 2.45) is 0 Å². The van der Waals surface area contributed by atoms with Gasteiger partial charge in [-0.15, -0.1) is 0 Å². The van der Waals surface area contributed by atoms with E-state index in [-0.39, 0.29) is 5.56 Å². The molecule has 106 valence electrons. The predicted molar refractivity (Wildman–Crippen MR) is 86.2 cm³/mol. The van der Waals surface area contributed by atoms with E-state index in [9.17, 15) is 4.79 Å². The summed E-state index contributed by atoms with van der Waals surface area (Å²) >= 11 is 11.9. The minimum atomic E-state index is -0.153. The second kappa shape index (κ2) is 5.76. The molecule has 21 heavy (non-hydrogen) atoms. The molecule has 1 aromatic heterocycles. The van der Waals surface area contributed by atoms with Crippen LogP contribution in [-0.4, -0.2) is 9.97 Å². The molecule has 4 nitrogen and oxygen atoms in total. The smallest absolute Gasteiger partial charge is 0.258 e. The van der Waals surface area contributed by atoms with E-state index in [1.165, 1.54) is 0 Å². The lowest BCUT2D eigenvalue weighted by Gasteiger charge is -2.08. The van der Waals surface area contributed by atoms with Gasteiger partial charge in [0.2, 0.25) is 0 Å². The average Bonchev–Trinajstić information content (AvgIpc) is 2.46. The molecule has 3 rings (SSSR count). The molecule has 0 spiro atoms. The van der Waals surface area contributed by atoms with Gasteiger partial charge in [-0.05, 0) is 30.3 Å². The maximum Gasteiger partial charge on any atom is 0.258 e. The molecule has 0 aliphatic rings. The third-order valence-electron chi connectivity index (χ3n) is 3.04. The fourth-order valence-corrected chi connectivity index (χ4v) is 2.51. The highest BCUT2D eigenvalue weighted by Crippen LogP contribution is 2.25. The van der Waals surface area contributed by atoms with Crippen molar-refractivity contribution in [3.8, 4) is 0 Å². The van der Waals surface area contributed by atoms with Crippen molar-refractivity contribution >= 4 is 39.8 Å². The number of nitrogens with one attached hydrogen (secondary N) is 2. The maximum absolute atomic E-state index is 12.0. The van der Waals surface area contributed by atoms with Crippen LogP contribution < -0.4 is 10.9 Å². The van der Waals surface area contributed by atoms with Crippen LogP contribution in [0.25, 0.3) is 10.9 Å². The molecule has 0 unspecified atom stereocenters. The van der Waals surface area contributed by atoms with Crippen LogP contribution in [0.2, 0.25) is 10.0 Å². The normalized spacial score (nSPS) is 10.8. The molecule has 0 atom stereocenters. The zero-order chi connectivity index (χ0) is 14.8. The van der Waals surface area contributed by atoms with Crippen molar-refractivity contribution in [3.05, 3.63) is 68.7 Å². The second-order valence-electron chi connectivity index (χ2n) is 4.51. The fourth-order valence-electron chi connectivity index (χ4n) is 2.03. The number of anilines is 1. The Morgan fingerprint density at radius 3 is 2.76 bits per heavy atom. The number of aromatic nitrogens is 2. The van der Waals surface area contributed by atoms with E-state index in [1.54, 1.807) is 24.3 Å². The highest BCUT2D eigenvalue weighted by Gasteiger charge is 2.05. The topological polar surface area (TPSA) is 57.8 Å². The van der Waals surface area contributed by atoms with Crippen molar-refractivity contribution in [1.82, 2.24) is 9.97 Å². The lowest BCUT2D eigenvalue weighted by molar-refractivity contribution is 0.953. The third-order valence-corrected chi connectivity index (χ3v) is 3.59. The second-order valence-corrected chi connectivity index (χ2v) is 5.35. The van der Waals surface area contributed by atoms with Gasteiger partial charge in [0.15, 0.2) is 0 Å². The fraction of sp³-hybridized carbons (Fsp3) is 0.0667. The number of benzene rings is 2. The number of halogens is 2. The van der Waals surface area contributed by atoms with Gasteiger partial charge in [0.05, 0.1) is 28.2 Å². The van der Waals surface area contributed by atoms with E-state index in [0.29, 0.717) is 33.3 Å². The van der Waals surface area contributed by atoms with Gasteiger partial charge in [-0.1, -0.05) is 35.3 Å². The number of fused-ring (bicyclic) bond motifs is 1. The Labute approximate surface area is 130 Å². The summed E-state index contributed by atoms with van der Waals surface area (Å²) in [5.74, 6) is 0.546. The van der Waals surface area contributed by atoms with Crippen LogP contribution in [0.1, 0.15) is 5.82 Å². The molecule has 3 aromatic rings. The van der Waals surface area contributed by atoms with Crippen LogP contribution in [0.15, 0.2) is 47.3 Å². The molecule has 2 aromatic carbocycles. The van der Waals surface area contributed by atoms with Crippen molar-refractivity contribution in [2.45, 2.75) is 6.54 Å². The summed E-state index contributed by atoms with van der Waals surface area (Å²) in [6.07, 6.45) is 0. The highest BCUT2D eigenvalue weighted by atomic mass is 35.5. The molecule has 0 bridgehead atoms. The van der Waals surface area contributed by atoms with Gasteiger partial charge in [0.25, 0.3) is 5.56 Å². The Morgan fingerprint density at radius 1 is 1.14 bits per heavy atom. The first kappa shape index (κ1) is 13.9. The van der Waals surface area contributed by atoms with Gasteiger partial charge in [0, 0.05) is 5.02 Å². The van der Waals surface area contributed by atoms with Gasteiger partial charge in [0.1, 0.15) is 5.82 Å². The van der Waals surface area contributed by atoms with Crippen LogP contribution in [0.5, 0.6) is 0 Å². The molecule has 0 amide bonds. The molecule has 1 heterocycles. The van der Waals surface area contributed by atoms with Crippen molar-refractivity contribution in [3.63, 3.8) is 0 Å². The molecular formula is C15H11Cl2N3O. The minimum Gasteiger partial charge on any atom is -0.377 e. The van der Waals surface area contributed by atoms with Gasteiger partial charge < -0.3 is 10.3 Å². The molecule has 0 radical (unpaired) electrons. The van der Waals surface area contributed by atoms with Crippen LogP contribution in [0.3, 0.4) is 0 Å². The third kappa shape index (κ3) is 3.01. The number of para-hydroxylation sites is 1. The number of rotatable bonds is 3. The van der Waals surface area contributed by atoms with E-state index < -0.39 is 0 Å². The van der Waals surface area contributed by atoms with E-state index >= 15 is 0 Å². The summed E-state index contributed by atoms with van der Waals surface area (Å²) in [7, 11) is 0. The molecule has 0 aliphatic heterocycles. The number of nitrogens with zero attached hydrogens (tertiary/aromatic N) is 1. The monoisotopic (exact) mass is 319 g/mol. The molecule has 6 heteroatoms. The van der Waals surface area contributed by atoms with Crippen molar-refractivity contribution in [1.29, 1.82) is 0 Å². The number of aromatic amines is 1. The van der Waals surface area contributed by atoms with Gasteiger partial charge in [-0.3, -0.25) is 4.79 Å². The van der Waals surface area contributed by atoms with Crippen LogP contribution in [0, 0.1) is 0 Å². The Kier molecular flexibility index (Phi) is 3.82. The lowest BCUT2D eigenvalue weighted by Crippen LogP contribution is -2.14. The molecule has 0 saturated carbocycles. The quantitative estimate of drug-likeness (QED) is 0.771. The first-order valence-electron chi connectivity index (χ1n) is 6.30. The lowest BCUT2D eigenvalue weighted by atomic mass is 10.2. The molecule has 0 saturated heterocycles. The summed E-state index contributed by atoms with van der Waals surface area (Å²) < 4.78 is 0. The zero-order valence-corrected chi connectivity index (χ0v) is 12.4. The Hall–Kier alpha value is -2.04. The van der Waals surface area contributed by atoms with Crippen LogP contribution in [-0.2, 0) is 6.54 Å². The summed E-state index contributed by atoms with van der Waals surface area (Å²) in [6.45, 7) is 0.363. The first-order chi connectivity index (χ1) is 10.1. The van der Waals surface area contributed by atoms with Gasteiger partial charge >= 0.3 is 0 Å². The summed E-state index contributed by atoms with van der Waals surface area (Å²) in [4.78, 5) is 19.1. The number of H-pyrrole nitrogens is 1. The molecular weight excluding hydrogens is 309 g/mol. The minimum absolute atomic E-state index is 0.153. The highest BCUT2D eigenvalue weighted by molar-refractivity contribution is 6.36. The number of hydrogen-bond acceptors (Lipinski definition) is 3. The van der Waals surface area contributed by atoms with Gasteiger partial charge in [-0.25, -0.2) is 4.98 Å². The van der Waals surface area contributed by atoms with E-state index in [2.05, 4.69) is 15.3 Å². The summed E-state index contributed by atoms with van der Waals surface area (Å²) in [5, 5.41) is 4.79. The average molecular weight is 320 g/mol. The Bertz CT molecular complexity index is 861. The largest absolute Gasteiger partial charge is 0.377 e. The molecule has 2 N–H and O–H groups in total. The standard InChI is InChI=1S/C15H11Cl2N3O/c16-9-5-6-13(11(17)7-9)18-8-14-19-12-4-2-1-3-10(12)15(21)20-14/h1-7,18H,8H2,(H,19,20,21). The van der Waals surface area contributed by atoms with Crippen LogP contribution in [0.4, 0.5) is 5.69 Å². The SMILES string of the molecule is O=c1[nH]c(CNc2ccc(Cl)cc2Cl)nc2ccccc12. The molecule has 0 aliphatic carbocycles. The zero-order valence-electron chi connectivity index (χ0n) is 10.9. The predicted octanol–water partition coefficient (Wildman–Crippen LogP) is 3.84. The Morgan fingerprint density at radius 2 is 1.95 bits per heavy atom. The molecule has 0 fully saturated rings. The van der Waals surface area contributed by atoms with Crippen molar-refractivity contribution < 1.29 is 0 Å². The van der Waals surface area contributed by atoms with Gasteiger partial charge in [-0.2, -0.15) is 0 Å². The number of hydrogen-bond donors (Lipinski definition) is 2. The Balaban J connectivity index is 1.87. The van der Waals surface area contributed by atoms with E-state index in [1.807, 2.05) is 18.2 Å². The first-order valence-corrected chi connectivity index (χ1v) is 7.06. The van der Waals surface area contributed by atoms with E-state index in [0.717, 1.165) is 5.69 Å². The summed E-state index contributed by atoms with van der Waals surface area (Å²) in [6, 6.07) is 12.4. The van der Waals surface area contributed by atoms with E-state index in [4.69, 9.17) is 23.2 Å². The summed E-state index contributed by atoms with van der Waals surface area (Å²) in [5.41, 5.74) is 1.25. The van der Waals surface area contributed by atoms with Crippen LogP contribution >= 0.6 is 23.2 Å². The maximum atomic E-state index is 12.0. The van der Waals surface area contributed by atoms with Crippen molar-refractivity contribution in [2.75, 3.05) is 5.32 Å².